The van der Waals surface area contributed by atoms with Crippen LogP contribution in [0.1, 0.15) is 31.9 Å². The molecular weight excluding hydrogens is 226 g/mol. The standard InChI is InChI=1S/C14H19N3O/c1-2-7-17-10-11(8-16-17)14-6-5-13(18-14)9-15-12-3-4-12/h5-6,8,10,12,15H,2-4,7,9H2,1H3. The minimum absolute atomic E-state index is 0.714. The van der Waals surface area contributed by atoms with Crippen molar-refractivity contribution in [2.24, 2.45) is 0 Å². The zero-order chi connectivity index (χ0) is 12.4. The Morgan fingerprint density at radius 2 is 2.33 bits per heavy atom. The van der Waals surface area contributed by atoms with Gasteiger partial charge in [-0.2, -0.15) is 5.10 Å². The monoisotopic (exact) mass is 245 g/mol. The smallest absolute Gasteiger partial charge is 0.137 e. The summed E-state index contributed by atoms with van der Waals surface area (Å²) in [6.07, 6.45) is 7.61. The van der Waals surface area contributed by atoms with E-state index in [1.807, 2.05) is 29.2 Å². The van der Waals surface area contributed by atoms with Crippen molar-refractivity contribution < 1.29 is 4.42 Å². The van der Waals surface area contributed by atoms with Crippen molar-refractivity contribution in [2.75, 3.05) is 0 Å². The molecule has 0 bridgehead atoms. The molecule has 0 atom stereocenters. The Morgan fingerprint density at radius 3 is 3.11 bits per heavy atom. The molecule has 1 N–H and O–H groups in total. The molecule has 0 saturated heterocycles. The minimum Gasteiger partial charge on any atom is -0.460 e. The molecule has 2 aromatic rings. The molecule has 96 valence electrons. The summed E-state index contributed by atoms with van der Waals surface area (Å²) in [6.45, 7) is 3.93. The molecule has 4 heteroatoms. The van der Waals surface area contributed by atoms with Gasteiger partial charge in [-0.15, -0.1) is 0 Å². The number of hydrogen-bond donors (Lipinski definition) is 1. The van der Waals surface area contributed by atoms with Gasteiger partial charge in [0.2, 0.25) is 0 Å². The first-order valence-corrected chi connectivity index (χ1v) is 6.70. The fourth-order valence-electron chi connectivity index (χ4n) is 2.00. The van der Waals surface area contributed by atoms with Crippen molar-refractivity contribution in [1.29, 1.82) is 0 Å². The minimum atomic E-state index is 0.714. The molecule has 3 rings (SSSR count). The molecule has 2 aromatic heterocycles. The topological polar surface area (TPSA) is 43.0 Å². The number of aromatic nitrogens is 2. The Morgan fingerprint density at radius 1 is 1.44 bits per heavy atom. The summed E-state index contributed by atoms with van der Waals surface area (Å²) in [7, 11) is 0. The quantitative estimate of drug-likeness (QED) is 0.851. The molecule has 0 aromatic carbocycles. The van der Waals surface area contributed by atoms with Crippen LogP contribution in [0.5, 0.6) is 0 Å². The molecule has 18 heavy (non-hydrogen) atoms. The highest BCUT2D eigenvalue weighted by molar-refractivity contribution is 5.55. The number of furan rings is 1. The van der Waals surface area contributed by atoms with Crippen LogP contribution in [0.2, 0.25) is 0 Å². The molecule has 1 aliphatic rings. The molecule has 1 saturated carbocycles. The Balaban J connectivity index is 1.66. The summed E-state index contributed by atoms with van der Waals surface area (Å²) in [5.41, 5.74) is 1.06. The van der Waals surface area contributed by atoms with Crippen LogP contribution in [0.4, 0.5) is 0 Å². The van der Waals surface area contributed by atoms with Gasteiger partial charge in [-0.1, -0.05) is 6.92 Å². The van der Waals surface area contributed by atoms with E-state index in [1.54, 1.807) is 0 Å². The highest BCUT2D eigenvalue weighted by atomic mass is 16.3. The van der Waals surface area contributed by atoms with Crippen LogP contribution < -0.4 is 5.32 Å². The zero-order valence-electron chi connectivity index (χ0n) is 10.7. The summed E-state index contributed by atoms with van der Waals surface area (Å²) < 4.78 is 7.78. The van der Waals surface area contributed by atoms with Gasteiger partial charge in [0.05, 0.1) is 18.3 Å². The van der Waals surface area contributed by atoms with E-state index in [4.69, 9.17) is 4.42 Å². The maximum Gasteiger partial charge on any atom is 0.137 e. The summed E-state index contributed by atoms with van der Waals surface area (Å²) in [5.74, 6) is 1.91. The predicted molar refractivity (Wildman–Crippen MR) is 70.1 cm³/mol. The molecule has 0 spiro atoms. The first-order valence-electron chi connectivity index (χ1n) is 6.70. The van der Waals surface area contributed by atoms with Crippen LogP contribution >= 0.6 is 0 Å². The summed E-state index contributed by atoms with van der Waals surface area (Å²) >= 11 is 0. The van der Waals surface area contributed by atoms with Crippen LogP contribution in [-0.4, -0.2) is 15.8 Å². The molecular formula is C14H19N3O. The number of aryl methyl sites for hydroxylation is 1. The first-order chi connectivity index (χ1) is 8.85. The summed E-state index contributed by atoms with van der Waals surface area (Å²) in [4.78, 5) is 0. The van der Waals surface area contributed by atoms with E-state index in [0.29, 0.717) is 6.04 Å². The maximum atomic E-state index is 5.82. The lowest BCUT2D eigenvalue weighted by Gasteiger charge is -1.98. The van der Waals surface area contributed by atoms with Gasteiger partial charge in [0.1, 0.15) is 11.5 Å². The second-order valence-corrected chi connectivity index (χ2v) is 4.91. The Hall–Kier alpha value is -1.55. The molecule has 0 aliphatic heterocycles. The largest absolute Gasteiger partial charge is 0.460 e. The van der Waals surface area contributed by atoms with E-state index in [1.165, 1.54) is 12.8 Å². The van der Waals surface area contributed by atoms with Gasteiger partial charge in [-0.25, -0.2) is 0 Å². The van der Waals surface area contributed by atoms with E-state index in [2.05, 4.69) is 17.3 Å². The van der Waals surface area contributed by atoms with Crippen LogP contribution in [-0.2, 0) is 13.1 Å². The van der Waals surface area contributed by atoms with E-state index in [9.17, 15) is 0 Å². The van der Waals surface area contributed by atoms with Gasteiger partial charge in [-0.3, -0.25) is 4.68 Å². The lowest BCUT2D eigenvalue weighted by Crippen LogP contribution is -2.14. The van der Waals surface area contributed by atoms with Crippen molar-refractivity contribution in [3.63, 3.8) is 0 Å². The van der Waals surface area contributed by atoms with Gasteiger partial charge in [0.25, 0.3) is 0 Å². The van der Waals surface area contributed by atoms with E-state index in [-0.39, 0.29) is 0 Å². The summed E-state index contributed by atoms with van der Waals surface area (Å²) in [6, 6.07) is 4.78. The van der Waals surface area contributed by atoms with Crippen molar-refractivity contribution in [3.05, 3.63) is 30.3 Å². The molecule has 2 heterocycles. The van der Waals surface area contributed by atoms with Crippen molar-refractivity contribution in [2.45, 2.75) is 45.3 Å². The van der Waals surface area contributed by atoms with Crippen molar-refractivity contribution in [3.8, 4) is 11.3 Å². The Bertz CT molecular complexity index is 511. The van der Waals surface area contributed by atoms with E-state index >= 15 is 0 Å². The Kier molecular flexibility index (Phi) is 3.19. The molecule has 0 radical (unpaired) electrons. The maximum absolute atomic E-state index is 5.82. The van der Waals surface area contributed by atoms with Gasteiger partial charge >= 0.3 is 0 Å². The normalized spacial score (nSPS) is 15.2. The molecule has 1 aliphatic carbocycles. The zero-order valence-corrected chi connectivity index (χ0v) is 10.7. The number of rotatable bonds is 6. The van der Waals surface area contributed by atoms with Crippen molar-refractivity contribution in [1.82, 2.24) is 15.1 Å². The van der Waals surface area contributed by atoms with Crippen LogP contribution in [0.3, 0.4) is 0 Å². The second-order valence-electron chi connectivity index (χ2n) is 4.91. The second kappa shape index (κ2) is 4.98. The molecule has 1 fully saturated rings. The number of hydrogen-bond acceptors (Lipinski definition) is 3. The van der Waals surface area contributed by atoms with Gasteiger partial charge in [0.15, 0.2) is 0 Å². The number of nitrogens with one attached hydrogen (secondary N) is 1. The average molecular weight is 245 g/mol. The van der Waals surface area contributed by atoms with E-state index in [0.717, 1.165) is 36.6 Å². The van der Waals surface area contributed by atoms with Crippen LogP contribution in [0, 0.1) is 0 Å². The van der Waals surface area contributed by atoms with Crippen molar-refractivity contribution >= 4 is 0 Å². The highest BCUT2D eigenvalue weighted by Gasteiger charge is 2.20. The fraction of sp³-hybridized carbons (Fsp3) is 0.500. The first kappa shape index (κ1) is 11.5. The molecule has 0 amide bonds. The number of nitrogens with zero attached hydrogens (tertiary/aromatic N) is 2. The van der Waals surface area contributed by atoms with Gasteiger partial charge < -0.3 is 9.73 Å². The molecule has 4 nitrogen and oxygen atoms in total. The van der Waals surface area contributed by atoms with Crippen LogP contribution in [0.25, 0.3) is 11.3 Å². The Labute approximate surface area is 107 Å². The predicted octanol–water partition coefficient (Wildman–Crippen LogP) is 2.81. The third-order valence-corrected chi connectivity index (χ3v) is 3.17. The lowest BCUT2D eigenvalue weighted by molar-refractivity contribution is 0.492. The third-order valence-electron chi connectivity index (χ3n) is 3.17. The average Bonchev–Trinajstić information content (AvgIpc) is 2.90. The van der Waals surface area contributed by atoms with Gasteiger partial charge in [-0.05, 0) is 31.4 Å². The third kappa shape index (κ3) is 2.64. The molecule has 0 unspecified atom stereocenters. The lowest BCUT2D eigenvalue weighted by atomic mass is 10.3. The summed E-state index contributed by atoms with van der Waals surface area (Å²) in [5, 5.41) is 7.77. The highest BCUT2D eigenvalue weighted by Crippen LogP contribution is 2.23. The van der Waals surface area contributed by atoms with Gasteiger partial charge in [0, 0.05) is 18.8 Å². The van der Waals surface area contributed by atoms with Crippen LogP contribution in [0.15, 0.2) is 28.9 Å². The SMILES string of the molecule is CCCn1cc(-c2ccc(CNC3CC3)o2)cn1. The fourth-order valence-corrected chi connectivity index (χ4v) is 2.00. The van der Waals surface area contributed by atoms with E-state index < -0.39 is 0 Å².